The number of amides is 1. The van der Waals surface area contributed by atoms with Crippen LogP contribution in [-0.4, -0.2) is 34.4 Å². The molecule has 0 aromatic rings. The highest BCUT2D eigenvalue weighted by atomic mass is 32.1. The van der Waals surface area contributed by atoms with Crippen molar-refractivity contribution in [2.45, 2.75) is 51.3 Å². The third-order valence-corrected chi connectivity index (χ3v) is 2.74. The van der Waals surface area contributed by atoms with Crippen molar-refractivity contribution < 1.29 is 9.59 Å². The van der Waals surface area contributed by atoms with Crippen molar-refractivity contribution >= 4 is 24.3 Å². The summed E-state index contributed by atoms with van der Waals surface area (Å²) >= 11 is 4.35. The summed E-state index contributed by atoms with van der Waals surface area (Å²) in [5.74, 6) is 0.0100. The van der Waals surface area contributed by atoms with Crippen molar-refractivity contribution in [3.63, 3.8) is 0 Å². The molecule has 1 atom stereocenters. The molecule has 0 aromatic carbocycles. The van der Waals surface area contributed by atoms with Crippen LogP contribution in [0.15, 0.2) is 0 Å². The Hall–Kier alpha value is -0.510. The summed E-state index contributed by atoms with van der Waals surface area (Å²) in [6.45, 7) is 7.18. The van der Waals surface area contributed by atoms with Crippen LogP contribution in [0.1, 0.15) is 40.5 Å². The number of Topliss-reactive ketones (excluding diaryl/α,β-unsaturated/α-hetero) is 1. The second kappa shape index (κ2) is 5.54. The molecular weight excluding hydrogens is 210 g/mol. The van der Waals surface area contributed by atoms with Crippen molar-refractivity contribution in [2.24, 2.45) is 0 Å². The van der Waals surface area contributed by atoms with Crippen LogP contribution in [0.5, 0.6) is 0 Å². The van der Waals surface area contributed by atoms with Gasteiger partial charge in [-0.15, -0.1) is 0 Å². The first kappa shape index (κ1) is 14.5. The Morgan fingerprint density at radius 2 is 1.87 bits per heavy atom. The summed E-state index contributed by atoms with van der Waals surface area (Å²) in [5.41, 5.74) is 0. The SMILES string of the molecule is CC(=O)C(C)N(C)C(=O)CCC(C)(C)S. The number of thiol groups is 1. The zero-order chi connectivity index (χ0) is 12.2. The van der Waals surface area contributed by atoms with Gasteiger partial charge in [-0.1, -0.05) is 13.8 Å². The van der Waals surface area contributed by atoms with E-state index in [2.05, 4.69) is 12.6 Å². The lowest BCUT2D eigenvalue weighted by atomic mass is 10.1. The number of hydrogen-bond donors (Lipinski definition) is 1. The van der Waals surface area contributed by atoms with Crippen LogP contribution in [0, 0.1) is 0 Å². The van der Waals surface area contributed by atoms with Gasteiger partial charge in [0.2, 0.25) is 5.91 Å². The topological polar surface area (TPSA) is 37.4 Å². The highest BCUT2D eigenvalue weighted by Gasteiger charge is 2.21. The highest BCUT2D eigenvalue weighted by Crippen LogP contribution is 2.19. The van der Waals surface area contributed by atoms with E-state index in [1.165, 1.54) is 11.8 Å². The summed E-state index contributed by atoms with van der Waals surface area (Å²) in [6.07, 6.45) is 1.15. The maximum atomic E-state index is 11.7. The molecule has 0 N–H and O–H groups in total. The van der Waals surface area contributed by atoms with Gasteiger partial charge in [-0.25, -0.2) is 0 Å². The van der Waals surface area contributed by atoms with E-state index in [0.29, 0.717) is 12.8 Å². The molecule has 0 rings (SSSR count). The third kappa shape index (κ3) is 5.82. The van der Waals surface area contributed by atoms with Crippen LogP contribution in [-0.2, 0) is 9.59 Å². The van der Waals surface area contributed by atoms with Gasteiger partial charge in [0.05, 0.1) is 6.04 Å². The molecule has 88 valence electrons. The van der Waals surface area contributed by atoms with E-state index in [1.807, 2.05) is 13.8 Å². The summed E-state index contributed by atoms with van der Waals surface area (Å²) in [6, 6.07) is -0.333. The minimum absolute atomic E-state index is 0.000162. The van der Waals surface area contributed by atoms with E-state index < -0.39 is 0 Å². The Morgan fingerprint density at radius 1 is 1.40 bits per heavy atom. The van der Waals surface area contributed by atoms with Gasteiger partial charge in [0.15, 0.2) is 5.78 Å². The van der Waals surface area contributed by atoms with Crippen LogP contribution < -0.4 is 0 Å². The molecule has 0 fully saturated rings. The molecule has 4 heteroatoms. The van der Waals surface area contributed by atoms with Gasteiger partial charge in [0.25, 0.3) is 0 Å². The number of hydrogen-bond acceptors (Lipinski definition) is 3. The van der Waals surface area contributed by atoms with Gasteiger partial charge in [-0.3, -0.25) is 9.59 Å². The first-order chi connectivity index (χ1) is 6.65. The molecule has 0 aliphatic rings. The Morgan fingerprint density at radius 3 is 2.20 bits per heavy atom. The van der Waals surface area contributed by atoms with E-state index in [9.17, 15) is 9.59 Å². The summed E-state index contributed by atoms with van der Waals surface area (Å²) < 4.78 is -0.143. The van der Waals surface area contributed by atoms with Gasteiger partial charge in [0.1, 0.15) is 0 Å². The van der Waals surface area contributed by atoms with Crippen molar-refractivity contribution in [3.8, 4) is 0 Å². The molecule has 0 saturated carbocycles. The second-order valence-electron chi connectivity index (χ2n) is 4.60. The quantitative estimate of drug-likeness (QED) is 0.734. The zero-order valence-corrected chi connectivity index (χ0v) is 11.1. The lowest BCUT2D eigenvalue weighted by Crippen LogP contribution is -2.39. The van der Waals surface area contributed by atoms with Crippen molar-refractivity contribution in [3.05, 3.63) is 0 Å². The molecule has 0 aliphatic heterocycles. The third-order valence-electron chi connectivity index (χ3n) is 2.51. The predicted octanol–water partition coefficient (Wildman–Crippen LogP) is 1.91. The fourth-order valence-electron chi connectivity index (χ4n) is 1.08. The van der Waals surface area contributed by atoms with E-state index in [1.54, 1.807) is 14.0 Å². The van der Waals surface area contributed by atoms with Gasteiger partial charge in [-0.05, 0) is 20.3 Å². The zero-order valence-electron chi connectivity index (χ0n) is 10.2. The fourth-order valence-corrected chi connectivity index (χ4v) is 1.19. The lowest BCUT2D eigenvalue weighted by Gasteiger charge is -2.24. The maximum absolute atomic E-state index is 11.7. The molecule has 1 unspecified atom stereocenters. The molecule has 0 bridgehead atoms. The number of rotatable bonds is 5. The summed E-state index contributed by atoms with van der Waals surface area (Å²) in [5, 5.41) is 0. The van der Waals surface area contributed by atoms with Gasteiger partial charge >= 0.3 is 0 Å². The molecule has 0 aromatic heterocycles. The summed E-state index contributed by atoms with van der Waals surface area (Å²) in [4.78, 5) is 24.3. The van der Waals surface area contributed by atoms with Crippen LogP contribution >= 0.6 is 12.6 Å². The van der Waals surface area contributed by atoms with Crippen LogP contribution in [0.4, 0.5) is 0 Å². The van der Waals surface area contributed by atoms with E-state index in [4.69, 9.17) is 0 Å². The average Bonchev–Trinajstić information content (AvgIpc) is 2.10. The molecule has 1 amide bonds. The molecule has 15 heavy (non-hydrogen) atoms. The van der Waals surface area contributed by atoms with Crippen molar-refractivity contribution in [1.82, 2.24) is 4.90 Å². The smallest absolute Gasteiger partial charge is 0.222 e. The van der Waals surface area contributed by atoms with E-state index in [-0.39, 0.29) is 22.5 Å². The van der Waals surface area contributed by atoms with Crippen molar-refractivity contribution in [1.29, 1.82) is 0 Å². The molecule has 0 heterocycles. The van der Waals surface area contributed by atoms with Crippen LogP contribution in [0.2, 0.25) is 0 Å². The molecule has 0 spiro atoms. The summed E-state index contributed by atoms with van der Waals surface area (Å²) in [7, 11) is 1.67. The molecule has 3 nitrogen and oxygen atoms in total. The molecule has 0 radical (unpaired) electrons. The first-order valence-corrected chi connectivity index (χ1v) is 5.58. The predicted molar refractivity (Wildman–Crippen MR) is 65.2 cm³/mol. The van der Waals surface area contributed by atoms with Crippen LogP contribution in [0.3, 0.4) is 0 Å². The molecule has 0 aliphatic carbocycles. The normalized spacial score (nSPS) is 13.5. The van der Waals surface area contributed by atoms with Gasteiger partial charge in [-0.2, -0.15) is 12.6 Å². The minimum atomic E-state index is -0.333. The number of carbonyl (C=O) groups excluding carboxylic acids is 2. The van der Waals surface area contributed by atoms with E-state index in [0.717, 1.165) is 0 Å². The minimum Gasteiger partial charge on any atom is -0.336 e. The Labute approximate surface area is 97.6 Å². The monoisotopic (exact) mass is 231 g/mol. The number of nitrogens with zero attached hydrogens (tertiary/aromatic N) is 1. The van der Waals surface area contributed by atoms with E-state index >= 15 is 0 Å². The van der Waals surface area contributed by atoms with Crippen molar-refractivity contribution in [2.75, 3.05) is 7.05 Å². The second-order valence-corrected chi connectivity index (χ2v) is 5.81. The van der Waals surface area contributed by atoms with Gasteiger partial charge in [0, 0.05) is 18.2 Å². The molecular formula is C11H21NO2S. The Bertz CT molecular complexity index is 245. The number of likely N-dealkylation sites (N-methyl/N-ethyl adjacent to an activating group) is 1. The Balaban J connectivity index is 4.17. The number of ketones is 1. The Kier molecular flexibility index (Phi) is 5.35. The lowest BCUT2D eigenvalue weighted by molar-refractivity contribution is -0.136. The number of carbonyl (C=O) groups is 2. The standard InChI is InChI=1S/C11H21NO2S/c1-8(9(2)13)12(5)10(14)6-7-11(3,4)15/h8,15H,6-7H2,1-5H3. The highest BCUT2D eigenvalue weighted by molar-refractivity contribution is 7.81. The maximum Gasteiger partial charge on any atom is 0.222 e. The first-order valence-electron chi connectivity index (χ1n) is 5.13. The van der Waals surface area contributed by atoms with Gasteiger partial charge < -0.3 is 4.90 Å². The molecule has 0 saturated heterocycles. The van der Waals surface area contributed by atoms with Crippen LogP contribution in [0.25, 0.3) is 0 Å². The largest absolute Gasteiger partial charge is 0.336 e. The fraction of sp³-hybridized carbons (Fsp3) is 0.818. The average molecular weight is 231 g/mol.